The molecule has 0 radical (unpaired) electrons. The number of allylic oxidation sites excluding steroid dienone is 10. The summed E-state index contributed by atoms with van der Waals surface area (Å²) in [6.07, 6.45) is 37.7. The molecule has 2 aromatic rings. The fourth-order valence-electron chi connectivity index (χ4n) is 5.59. The highest BCUT2D eigenvalue weighted by Crippen LogP contribution is 2.40. The SMILES string of the molecule is C1=CCC([S+](C2=CC(SC3=CC([S+](c4ccccc4)C4C=CC=CC4)CC=C3)CC=C2)c2ccccc2)C=C1. The van der Waals surface area contributed by atoms with E-state index in [1.54, 1.807) is 0 Å². The molecule has 3 heteroatoms. The summed E-state index contributed by atoms with van der Waals surface area (Å²) in [6.45, 7) is 0. The Morgan fingerprint density at radius 1 is 0.564 bits per heavy atom. The van der Waals surface area contributed by atoms with Crippen LogP contribution in [-0.2, 0) is 21.8 Å². The van der Waals surface area contributed by atoms with E-state index in [0.717, 1.165) is 25.7 Å². The summed E-state index contributed by atoms with van der Waals surface area (Å²) >= 11 is 2.06. The van der Waals surface area contributed by atoms with Crippen molar-refractivity contribution in [1.29, 1.82) is 0 Å². The molecule has 0 aromatic heterocycles. The fourth-order valence-corrected chi connectivity index (χ4v) is 12.3. The van der Waals surface area contributed by atoms with Gasteiger partial charge in [0, 0.05) is 40.3 Å². The summed E-state index contributed by atoms with van der Waals surface area (Å²) in [7, 11) is 0.190. The number of rotatable bonds is 8. The Kier molecular flexibility index (Phi) is 8.99. The Balaban J connectivity index is 1.24. The Morgan fingerprint density at radius 3 is 1.90 bits per heavy atom. The third-order valence-electron chi connectivity index (χ3n) is 7.39. The van der Waals surface area contributed by atoms with E-state index in [1.165, 1.54) is 19.6 Å². The Bertz CT molecular complexity index is 1360. The predicted octanol–water partition coefficient (Wildman–Crippen LogP) is 9.27. The minimum atomic E-state index is 0.0421. The molecular formula is C36H36S3+2. The molecule has 0 spiro atoms. The lowest BCUT2D eigenvalue weighted by Gasteiger charge is -2.25. The van der Waals surface area contributed by atoms with E-state index in [1.807, 2.05) is 0 Å². The minimum absolute atomic E-state index is 0.0421. The van der Waals surface area contributed by atoms with Gasteiger partial charge in [0.05, 0.1) is 10.9 Å². The molecular weight excluding hydrogens is 529 g/mol. The maximum atomic E-state index is 2.60. The molecule has 0 fully saturated rings. The Labute approximate surface area is 244 Å². The highest BCUT2D eigenvalue weighted by Gasteiger charge is 2.39. The zero-order chi connectivity index (χ0) is 26.3. The molecule has 2 aromatic carbocycles. The highest BCUT2D eigenvalue weighted by molar-refractivity contribution is 8.04. The Hall–Kier alpha value is -2.59. The lowest BCUT2D eigenvalue weighted by molar-refractivity contribution is 0.976. The van der Waals surface area contributed by atoms with Crippen molar-refractivity contribution in [2.45, 2.75) is 56.5 Å². The van der Waals surface area contributed by atoms with Gasteiger partial charge in [0.15, 0.2) is 19.9 Å². The summed E-state index contributed by atoms with van der Waals surface area (Å²) in [6, 6.07) is 22.4. The van der Waals surface area contributed by atoms with Gasteiger partial charge in [0.2, 0.25) is 0 Å². The third kappa shape index (κ3) is 6.60. The molecule has 0 amide bonds. The van der Waals surface area contributed by atoms with Gasteiger partial charge in [-0.15, -0.1) is 11.8 Å². The van der Waals surface area contributed by atoms with Crippen molar-refractivity contribution < 1.29 is 0 Å². The van der Waals surface area contributed by atoms with Gasteiger partial charge in [-0.3, -0.25) is 0 Å². The van der Waals surface area contributed by atoms with Gasteiger partial charge in [0.1, 0.15) is 10.5 Å². The van der Waals surface area contributed by atoms with Gasteiger partial charge in [-0.25, -0.2) is 0 Å². The van der Waals surface area contributed by atoms with Crippen LogP contribution < -0.4 is 0 Å². The van der Waals surface area contributed by atoms with Gasteiger partial charge in [-0.1, -0.05) is 91.1 Å². The van der Waals surface area contributed by atoms with Crippen LogP contribution in [0.5, 0.6) is 0 Å². The molecule has 0 bridgehead atoms. The van der Waals surface area contributed by atoms with Crippen LogP contribution in [0.1, 0.15) is 25.7 Å². The van der Waals surface area contributed by atoms with E-state index in [-0.39, 0.29) is 21.8 Å². The van der Waals surface area contributed by atoms with Crippen molar-refractivity contribution >= 4 is 33.6 Å². The molecule has 4 aliphatic carbocycles. The average Bonchev–Trinajstić information content (AvgIpc) is 3.00. The molecule has 0 aliphatic heterocycles. The number of hydrogen-bond donors (Lipinski definition) is 0. The summed E-state index contributed by atoms with van der Waals surface area (Å²) in [5.41, 5.74) is 0. The van der Waals surface area contributed by atoms with Gasteiger partial charge in [0.25, 0.3) is 0 Å². The number of hydrogen-bond acceptors (Lipinski definition) is 1. The molecule has 6 unspecified atom stereocenters. The van der Waals surface area contributed by atoms with Crippen LogP contribution in [0.3, 0.4) is 0 Å². The smallest absolute Gasteiger partial charge is 0.118 e. The van der Waals surface area contributed by atoms with E-state index in [0.29, 0.717) is 21.0 Å². The summed E-state index contributed by atoms with van der Waals surface area (Å²) in [5.74, 6) is 0. The van der Waals surface area contributed by atoms with Crippen LogP contribution in [0.2, 0.25) is 0 Å². The number of benzene rings is 2. The predicted molar refractivity (Wildman–Crippen MR) is 176 cm³/mol. The first-order valence-corrected chi connectivity index (χ1v) is 17.5. The van der Waals surface area contributed by atoms with Gasteiger partial charge in [-0.2, -0.15) is 0 Å². The average molecular weight is 565 g/mol. The molecule has 196 valence electrons. The molecule has 6 rings (SSSR count). The van der Waals surface area contributed by atoms with Gasteiger partial charge < -0.3 is 0 Å². The lowest BCUT2D eigenvalue weighted by Crippen LogP contribution is -2.31. The Morgan fingerprint density at radius 2 is 1.21 bits per heavy atom. The molecule has 0 saturated carbocycles. The molecule has 0 N–H and O–H groups in total. The van der Waals surface area contributed by atoms with Crippen LogP contribution in [0.15, 0.2) is 165 Å². The highest BCUT2D eigenvalue weighted by atomic mass is 32.2. The third-order valence-corrected chi connectivity index (χ3v) is 13.9. The second-order valence-corrected chi connectivity index (χ2v) is 16.1. The second-order valence-electron chi connectivity index (χ2n) is 10.1. The fraction of sp³-hybridized carbons (Fsp3) is 0.222. The van der Waals surface area contributed by atoms with E-state index >= 15 is 0 Å². The van der Waals surface area contributed by atoms with E-state index in [2.05, 4.69) is 157 Å². The van der Waals surface area contributed by atoms with Crippen molar-refractivity contribution in [3.05, 3.63) is 156 Å². The van der Waals surface area contributed by atoms with Crippen LogP contribution >= 0.6 is 11.8 Å². The molecule has 4 aliphatic rings. The molecule has 0 saturated heterocycles. The molecule has 0 nitrogen and oxygen atoms in total. The zero-order valence-electron chi connectivity index (χ0n) is 22.2. The van der Waals surface area contributed by atoms with Crippen LogP contribution in [-0.4, -0.2) is 21.0 Å². The maximum Gasteiger partial charge on any atom is 0.161 e. The standard InChI is InChI=1S/C36H36S3/c1-5-17-31(18-6-1)38(32-19-7-2-8-20-32)35-25-13-15-29(27-35)37-30-16-14-26-36(28-30)39(33-21-9-3-10-22-33)34-23-11-4-12-24-34/h1-15,17-19,21-23,26-28,30,32,34-35H,16,20,24-25H2/q+2. The molecule has 39 heavy (non-hydrogen) atoms. The van der Waals surface area contributed by atoms with Crippen molar-refractivity contribution in [1.82, 2.24) is 0 Å². The van der Waals surface area contributed by atoms with E-state index < -0.39 is 0 Å². The first-order valence-electron chi connectivity index (χ1n) is 14.0. The largest absolute Gasteiger partial charge is 0.161 e. The monoisotopic (exact) mass is 564 g/mol. The van der Waals surface area contributed by atoms with Gasteiger partial charge >= 0.3 is 0 Å². The summed E-state index contributed by atoms with van der Waals surface area (Å²) in [5, 5.41) is 2.12. The molecule has 6 atom stereocenters. The minimum Gasteiger partial charge on any atom is -0.118 e. The first kappa shape index (κ1) is 26.6. The normalized spacial score (nSPS) is 27.2. The lowest BCUT2D eigenvalue weighted by atomic mass is 10.2. The van der Waals surface area contributed by atoms with Crippen molar-refractivity contribution in [2.75, 3.05) is 0 Å². The molecule has 0 heterocycles. The second kappa shape index (κ2) is 13.2. The summed E-state index contributed by atoms with van der Waals surface area (Å²) < 4.78 is 0. The van der Waals surface area contributed by atoms with Crippen LogP contribution in [0.4, 0.5) is 0 Å². The van der Waals surface area contributed by atoms with Crippen LogP contribution in [0.25, 0.3) is 0 Å². The first-order chi connectivity index (χ1) is 19.3. The summed E-state index contributed by atoms with van der Waals surface area (Å²) in [4.78, 5) is 5.87. The van der Waals surface area contributed by atoms with Crippen molar-refractivity contribution in [3.8, 4) is 0 Å². The van der Waals surface area contributed by atoms with Crippen molar-refractivity contribution in [2.24, 2.45) is 0 Å². The van der Waals surface area contributed by atoms with Crippen molar-refractivity contribution in [3.63, 3.8) is 0 Å². The quantitative estimate of drug-likeness (QED) is 0.288. The van der Waals surface area contributed by atoms with E-state index in [4.69, 9.17) is 0 Å². The van der Waals surface area contributed by atoms with Gasteiger partial charge in [-0.05, 0) is 61.1 Å². The van der Waals surface area contributed by atoms with Crippen LogP contribution in [0, 0.1) is 0 Å². The number of thioether (sulfide) groups is 1. The zero-order valence-corrected chi connectivity index (χ0v) is 24.7. The van der Waals surface area contributed by atoms with E-state index in [9.17, 15) is 0 Å². The topological polar surface area (TPSA) is 0 Å². The maximum absolute atomic E-state index is 2.60.